The summed E-state index contributed by atoms with van der Waals surface area (Å²) in [5.41, 5.74) is 5.74. The van der Waals surface area contributed by atoms with Crippen LogP contribution in [0.5, 0.6) is 0 Å². The van der Waals surface area contributed by atoms with Gasteiger partial charge in [0, 0.05) is 0 Å². The Morgan fingerprint density at radius 3 is 1.54 bits per heavy atom. The van der Waals surface area contributed by atoms with Crippen LogP contribution in [0.25, 0.3) is 11.1 Å². The van der Waals surface area contributed by atoms with Crippen LogP contribution in [0, 0.1) is 0 Å². The van der Waals surface area contributed by atoms with Gasteiger partial charge in [-0.15, -0.1) is 0 Å². The van der Waals surface area contributed by atoms with Crippen LogP contribution in [0.4, 0.5) is 0 Å². The second kappa shape index (κ2) is 7.45. The molecule has 3 rings (SSSR count). The van der Waals surface area contributed by atoms with Crippen LogP contribution in [-0.4, -0.2) is 16.1 Å². The fraction of sp³-hybridized carbons (Fsp3) is 0.304. The molecule has 26 heavy (non-hydrogen) atoms. The lowest BCUT2D eigenvalue weighted by atomic mass is 9.95. The van der Waals surface area contributed by atoms with Gasteiger partial charge in [0.2, 0.25) is 0 Å². The lowest BCUT2D eigenvalue weighted by Crippen LogP contribution is -2.45. The molecule has 136 valence electrons. The molecule has 0 nitrogen and oxygen atoms in total. The van der Waals surface area contributed by atoms with Crippen LogP contribution >= 0.6 is 15.9 Å². The molecule has 1 aliphatic heterocycles. The number of halogens is 1. The molecule has 0 atom stereocenters. The van der Waals surface area contributed by atoms with Crippen molar-refractivity contribution in [2.45, 2.75) is 45.6 Å². The Morgan fingerprint density at radius 1 is 0.731 bits per heavy atom. The molecular weight excluding hydrogens is 412 g/mol. The zero-order valence-electron chi connectivity index (χ0n) is 16.6. The highest BCUT2D eigenvalue weighted by molar-refractivity contribution is 9.12. The highest BCUT2D eigenvalue weighted by Crippen LogP contribution is 2.55. The van der Waals surface area contributed by atoms with Crippen LogP contribution in [0.15, 0.2) is 69.6 Å². The van der Waals surface area contributed by atoms with Gasteiger partial charge in [-0.05, 0) is 26.4 Å². The Bertz CT molecular complexity index is 839. The molecule has 0 spiro atoms. The first-order valence-electron chi connectivity index (χ1n) is 9.63. The van der Waals surface area contributed by atoms with Crippen molar-refractivity contribution >= 4 is 43.2 Å². The van der Waals surface area contributed by atoms with E-state index < -0.39 is 16.1 Å². The summed E-state index contributed by atoms with van der Waals surface area (Å²) in [6, 6.07) is 24.6. The van der Waals surface area contributed by atoms with Gasteiger partial charge >= 0.3 is 0 Å². The summed E-state index contributed by atoms with van der Waals surface area (Å²) in [6.45, 7) is 12.4. The molecule has 0 aromatic heterocycles. The van der Waals surface area contributed by atoms with Crippen LogP contribution in [0.1, 0.15) is 25.0 Å². The highest BCUT2D eigenvalue weighted by Gasteiger charge is 2.50. The Kier molecular flexibility index (Phi) is 5.62. The normalized spacial score (nSPS) is 17.2. The summed E-state index contributed by atoms with van der Waals surface area (Å²) in [5.74, 6) is 0. The van der Waals surface area contributed by atoms with Crippen molar-refractivity contribution in [1.82, 2.24) is 0 Å². The van der Waals surface area contributed by atoms with E-state index >= 15 is 0 Å². The van der Waals surface area contributed by atoms with Gasteiger partial charge in [0.25, 0.3) is 0 Å². The van der Waals surface area contributed by atoms with Crippen molar-refractivity contribution in [2.24, 2.45) is 0 Å². The van der Waals surface area contributed by atoms with Crippen LogP contribution in [-0.2, 0) is 0 Å². The molecule has 0 fully saturated rings. The predicted octanol–water partition coefficient (Wildman–Crippen LogP) is 7.70. The second-order valence-corrected chi connectivity index (χ2v) is 19.8. The zero-order chi connectivity index (χ0) is 18.9. The molecule has 0 unspecified atom stereocenters. The molecule has 0 N–H and O–H groups in total. The average molecular weight is 442 g/mol. The first-order chi connectivity index (χ1) is 12.4. The van der Waals surface area contributed by atoms with Gasteiger partial charge in [0.1, 0.15) is 8.07 Å². The molecule has 2 aromatic carbocycles. The molecular formula is C23H29BrSi2. The van der Waals surface area contributed by atoms with Crippen molar-refractivity contribution in [3.63, 3.8) is 0 Å². The molecule has 0 bridgehead atoms. The van der Waals surface area contributed by atoms with E-state index in [0.29, 0.717) is 0 Å². The smallest absolute Gasteiger partial charge is 0.0772 e. The third-order valence-electron chi connectivity index (χ3n) is 5.70. The van der Waals surface area contributed by atoms with E-state index in [1.54, 1.807) is 5.57 Å². The summed E-state index contributed by atoms with van der Waals surface area (Å²) in [5, 5.41) is 0. The summed E-state index contributed by atoms with van der Waals surface area (Å²) < 4.78 is 1.53. The maximum absolute atomic E-state index is 4.18. The standard InChI is InChI=1S/C23H29BrSi2/c1-6-26(7-2)22(24)20(18-14-10-8-11-15-18)21(23(26)25(3,4)5)19-16-12-9-13-17-19/h8-17H,6-7H2,1-5H3. The van der Waals surface area contributed by atoms with Gasteiger partial charge in [-0.1, -0.05) is 127 Å². The quantitative estimate of drug-likeness (QED) is 0.417. The van der Waals surface area contributed by atoms with Gasteiger partial charge < -0.3 is 0 Å². The molecule has 0 saturated carbocycles. The summed E-state index contributed by atoms with van der Waals surface area (Å²) in [6.07, 6.45) is 0. The lowest BCUT2D eigenvalue weighted by Gasteiger charge is -2.36. The van der Waals surface area contributed by atoms with Gasteiger partial charge in [-0.25, -0.2) is 0 Å². The van der Waals surface area contributed by atoms with Crippen molar-refractivity contribution in [3.05, 3.63) is 80.7 Å². The van der Waals surface area contributed by atoms with Crippen molar-refractivity contribution in [3.8, 4) is 0 Å². The molecule has 2 aromatic rings. The number of benzene rings is 2. The van der Waals surface area contributed by atoms with Gasteiger partial charge in [0.05, 0.1) is 8.07 Å². The van der Waals surface area contributed by atoms with E-state index in [1.165, 1.54) is 32.9 Å². The Labute approximate surface area is 169 Å². The van der Waals surface area contributed by atoms with E-state index in [-0.39, 0.29) is 0 Å². The van der Waals surface area contributed by atoms with Gasteiger partial charge in [-0.3, -0.25) is 0 Å². The number of allylic oxidation sites excluding steroid dienone is 2. The van der Waals surface area contributed by atoms with Crippen LogP contribution in [0.2, 0.25) is 31.7 Å². The summed E-state index contributed by atoms with van der Waals surface area (Å²) in [7, 11) is -3.20. The topological polar surface area (TPSA) is 0 Å². The largest absolute Gasteiger partial charge is 0.119 e. The first kappa shape index (κ1) is 19.6. The SMILES string of the molecule is CC[Si]1(CC)C(Br)=C(c2ccccc2)C(c2ccccc2)=C1[Si](C)(C)C. The fourth-order valence-electron chi connectivity index (χ4n) is 4.60. The van der Waals surface area contributed by atoms with E-state index in [1.807, 2.05) is 4.82 Å². The van der Waals surface area contributed by atoms with E-state index in [9.17, 15) is 0 Å². The molecule has 0 amide bonds. The van der Waals surface area contributed by atoms with E-state index in [2.05, 4.69) is 110 Å². The zero-order valence-corrected chi connectivity index (χ0v) is 20.2. The number of rotatable bonds is 5. The third kappa shape index (κ3) is 3.14. The number of hydrogen-bond acceptors (Lipinski definition) is 0. The highest BCUT2D eigenvalue weighted by atomic mass is 79.9. The summed E-state index contributed by atoms with van der Waals surface area (Å²) >= 11 is 4.18. The van der Waals surface area contributed by atoms with Gasteiger partial charge in [0.15, 0.2) is 0 Å². The van der Waals surface area contributed by atoms with Crippen molar-refractivity contribution < 1.29 is 0 Å². The van der Waals surface area contributed by atoms with E-state index in [4.69, 9.17) is 0 Å². The van der Waals surface area contributed by atoms with Crippen LogP contribution in [0.3, 0.4) is 0 Å². The van der Waals surface area contributed by atoms with Crippen molar-refractivity contribution in [2.75, 3.05) is 0 Å². The molecule has 3 heteroatoms. The monoisotopic (exact) mass is 440 g/mol. The molecule has 0 radical (unpaired) electrons. The Morgan fingerprint density at radius 2 is 1.15 bits per heavy atom. The maximum atomic E-state index is 4.18. The van der Waals surface area contributed by atoms with Crippen molar-refractivity contribution in [1.29, 1.82) is 0 Å². The molecule has 1 aliphatic rings. The Balaban J connectivity index is 2.43. The minimum Gasteiger partial charge on any atom is -0.0772 e. The predicted molar refractivity (Wildman–Crippen MR) is 126 cm³/mol. The minimum atomic E-state index is -1.70. The minimum absolute atomic E-state index is 1.27. The second-order valence-electron chi connectivity index (χ2n) is 8.21. The van der Waals surface area contributed by atoms with Crippen LogP contribution < -0.4 is 0 Å². The fourth-order valence-corrected chi connectivity index (χ4v) is 19.6. The summed E-state index contributed by atoms with van der Waals surface area (Å²) in [4.78, 5) is 1.84. The van der Waals surface area contributed by atoms with Gasteiger partial charge in [-0.2, -0.15) is 0 Å². The molecule has 0 aliphatic carbocycles. The lowest BCUT2D eigenvalue weighted by molar-refractivity contribution is 1.28. The first-order valence-corrected chi connectivity index (χ1v) is 16.3. The average Bonchev–Trinajstić information content (AvgIpc) is 2.92. The third-order valence-corrected chi connectivity index (χ3v) is 18.5. The number of hydrogen-bond donors (Lipinski definition) is 0. The molecule has 1 heterocycles. The van der Waals surface area contributed by atoms with E-state index in [0.717, 1.165) is 0 Å². The maximum Gasteiger partial charge on any atom is 0.119 e. The Hall–Kier alpha value is -1.17. The molecule has 0 saturated heterocycles.